The summed E-state index contributed by atoms with van der Waals surface area (Å²) in [5, 5.41) is 7.89. The Hall–Kier alpha value is -0.830. The fraction of sp³-hybridized carbons (Fsp3) is 0.769. The molecule has 0 bridgehead atoms. The first kappa shape index (κ1) is 13.2. The smallest absolute Gasteiger partial charge is 0.0596 e. The Kier molecular flexibility index (Phi) is 5.53. The molecule has 0 atom stereocenters. The van der Waals surface area contributed by atoms with Crippen LogP contribution in [0, 0.1) is 13.8 Å². The summed E-state index contributed by atoms with van der Waals surface area (Å²) in [6.07, 6.45) is 3.76. The van der Waals surface area contributed by atoms with Crippen LogP contribution in [0.4, 0.5) is 0 Å². The third kappa shape index (κ3) is 4.79. The molecule has 3 heteroatoms. The van der Waals surface area contributed by atoms with Gasteiger partial charge < -0.3 is 5.32 Å². The van der Waals surface area contributed by atoms with E-state index in [2.05, 4.69) is 48.9 Å². The Morgan fingerprint density at radius 1 is 1.25 bits per heavy atom. The van der Waals surface area contributed by atoms with E-state index in [1.807, 2.05) is 0 Å². The van der Waals surface area contributed by atoms with E-state index in [0.29, 0.717) is 6.04 Å². The lowest BCUT2D eigenvalue weighted by Crippen LogP contribution is -2.23. The van der Waals surface area contributed by atoms with Gasteiger partial charge in [0.05, 0.1) is 5.69 Å². The summed E-state index contributed by atoms with van der Waals surface area (Å²) in [5.74, 6) is 0. The monoisotopic (exact) mass is 223 g/mol. The van der Waals surface area contributed by atoms with Crippen LogP contribution in [0.15, 0.2) is 6.07 Å². The average molecular weight is 223 g/mol. The highest BCUT2D eigenvalue weighted by Crippen LogP contribution is 2.04. The normalized spacial score (nSPS) is 11.3. The number of aryl methyl sites for hydroxylation is 3. The molecule has 1 heterocycles. The fourth-order valence-corrected chi connectivity index (χ4v) is 1.86. The van der Waals surface area contributed by atoms with Crippen molar-refractivity contribution in [1.29, 1.82) is 0 Å². The van der Waals surface area contributed by atoms with Gasteiger partial charge in [-0.2, -0.15) is 5.10 Å². The molecule has 0 aromatic carbocycles. The van der Waals surface area contributed by atoms with Gasteiger partial charge in [-0.1, -0.05) is 20.3 Å². The van der Waals surface area contributed by atoms with Crippen LogP contribution in [0.3, 0.4) is 0 Å². The fourth-order valence-electron chi connectivity index (χ4n) is 1.86. The van der Waals surface area contributed by atoms with Crippen molar-refractivity contribution in [2.24, 2.45) is 0 Å². The second kappa shape index (κ2) is 6.69. The minimum Gasteiger partial charge on any atom is -0.315 e. The SMILES string of the molecule is Cc1cc(C)n(CCCCCNC(C)C)n1. The lowest BCUT2D eigenvalue weighted by atomic mass is 10.2. The topological polar surface area (TPSA) is 29.9 Å². The van der Waals surface area contributed by atoms with Gasteiger partial charge in [0.25, 0.3) is 0 Å². The van der Waals surface area contributed by atoms with Crippen LogP contribution < -0.4 is 5.32 Å². The van der Waals surface area contributed by atoms with Gasteiger partial charge in [-0.15, -0.1) is 0 Å². The van der Waals surface area contributed by atoms with Crippen molar-refractivity contribution in [2.45, 2.75) is 59.5 Å². The van der Waals surface area contributed by atoms with Crippen molar-refractivity contribution in [2.75, 3.05) is 6.54 Å². The number of aromatic nitrogens is 2. The minimum atomic E-state index is 0.607. The third-order valence-electron chi connectivity index (χ3n) is 2.70. The van der Waals surface area contributed by atoms with Crippen molar-refractivity contribution >= 4 is 0 Å². The van der Waals surface area contributed by atoms with Gasteiger partial charge in [0.1, 0.15) is 0 Å². The molecule has 0 amide bonds. The lowest BCUT2D eigenvalue weighted by Gasteiger charge is -2.08. The number of unbranched alkanes of at least 4 members (excludes halogenated alkanes) is 2. The van der Waals surface area contributed by atoms with Crippen LogP contribution in [0.2, 0.25) is 0 Å². The molecule has 0 aliphatic rings. The van der Waals surface area contributed by atoms with Crippen molar-refractivity contribution in [3.05, 3.63) is 17.5 Å². The van der Waals surface area contributed by atoms with Gasteiger partial charge in [-0.25, -0.2) is 0 Å². The first-order valence-corrected chi connectivity index (χ1v) is 6.34. The molecule has 1 aromatic rings. The van der Waals surface area contributed by atoms with Crippen LogP contribution in [-0.4, -0.2) is 22.4 Å². The Labute approximate surface area is 99.2 Å². The summed E-state index contributed by atoms with van der Waals surface area (Å²) in [7, 11) is 0. The van der Waals surface area contributed by atoms with Gasteiger partial charge in [0.2, 0.25) is 0 Å². The van der Waals surface area contributed by atoms with E-state index in [1.54, 1.807) is 0 Å². The second-order valence-electron chi connectivity index (χ2n) is 4.82. The zero-order valence-corrected chi connectivity index (χ0v) is 11.1. The van der Waals surface area contributed by atoms with Crippen LogP contribution >= 0.6 is 0 Å². The first-order valence-electron chi connectivity index (χ1n) is 6.34. The van der Waals surface area contributed by atoms with E-state index < -0.39 is 0 Å². The Bertz CT molecular complexity index is 302. The Balaban J connectivity index is 2.09. The number of hydrogen-bond acceptors (Lipinski definition) is 2. The molecule has 0 aliphatic heterocycles. The summed E-state index contributed by atoms with van der Waals surface area (Å²) in [6.45, 7) is 10.7. The molecule has 3 nitrogen and oxygen atoms in total. The molecule has 0 spiro atoms. The van der Waals surface area contributed by atoms with Gasteiger partial charge in [-0.05, 0) is 39.3 Å². The summed E-state index contributed by atoms with van der Waals surface area (Å²) in [4.78, 5) is 0. The Morgan fingerprint density at radius 3 is 2.56 bits per heavy atom. The first-order chi connectivity index (χ1) is 7.59. The maximum Gasteiger partial charge on any atom is 0.0596 e. The van der Waals surface area contributed by atoms with Crippen LogP contribution in [-0.2, 0) is 6.54 Å². The molecule has 0 aliphatic carbocycles. The average Bonchev–Trinajstić information content (AvgIpc) is 2.50. The van der Waals surface area contributed by atoms with Crippen LogP contribution in [0.25, 0.3) is 0 Å². The molecule has 0 fully saturated rings. The maximum absolute atomic E-state index is 4.46. The summed E-state index contributed by atoms with van der Waals surface area (Å²) in [6, 6.07) is 2.75. The molecule has 0 saturated heterocycles. The van der Waals surface area contributed by atoms with Gasteiger partial charge in [-0.3, -0.25) is 4.68 Å². The van der Waals surface area contributed by atoms with E-state index in [4.69, 9.17) is 0 Å². The maximum atomic E-state index is 4.46. The van der Waals surface area contributed by atoms with Crippen molar-refractivity contribution in [3.8, 4) is 0 Å². The predicted octanol–water partition coefficient (Wildman–Crippen LogP) is 2.67. The quantitative estimate of drug-likeness (QED) is 0.720. The molecular formula is C13H25N3. The molecule has 0 radical (unpaired) electrons. The molecule has 1 N–H and O–H groups in total. The summed E-state index contributed by atoms with van der Waals surface area (Å²) in [5.41, 5.74) is 2.40. The highest BCUT2D eigenvalue weighted by molar-refractivity contribution is 5.06. The van der Waals surface area contributed by atoms with Crippen molar-refractivity contribution in [1.82, 2.24) is 15.1 Å². The van der Waals surface area contributed by atoms with E-state index >= 15 is 0 Å². The van der Waals surface area contributed by atoms with Crippen molar-refractivity contribution in [3.63, 3.8) is 0 Å². The van der Waals surface area contributed by atoms with E-state index in [9.17, 15) is 0 Å². The molecular weight excluding hydrogens is 198 g/mol. The zero-order valence-electron chi connectivity index (χ0n) is 11.1. The highest BCUT2D eigenvalue weighted by atomic mass is 15.3. The zero-order chi connectivity index (χ0) is 12.0. The molecule has 92 valence electrons. The van der Waals surface area contributed by atoms with Gasteiger partial charge in [0.15, 0.2) is 0 Å². The van der Waals surface area contributed by atoms with Gasteiger partial charge >= 0.3 is 0 Å². The molecule has 0 saturated carbocycles. The second-order valence-corrected chi connectivity index (χ2v) is 4.82. The number of rotatable bonds is 7. The molecule has 0 unspecified atom stereocenters. The minimum absolute atomic E-state index is 0.607. The number of nitrogens with one attached hydrogen (secondary N) is 1. The summed E-state index contributed by atoms with van der Waals surface area (Å²) < 4.78 is 2.12. The van der Waals surface area contributed by atoms with E-state index in [0.717, 1.165) is 18.8 Å². The standard InChI is InChI=1S/C13H25N3/c1-11(2)14-8-6-5-7-9-16-13(4)10-12(3)15-16/h10-11,14H,5-9H2,1-4H3. The van der Waals surface area contributed by atoms with E-state index in [1.165, 1.54) is 25.0 Å². The molecule has 16 heavy (non-hydrogen) atoms. The number of hydrogen-bond donors (Lipinski definition) is 1. The van der Waals surface area contributed by atoms with Crippen LogP contribution in [0.5, 0.6) is 0 Å². The number of nitrogens with zero attached hydrogens (tertiary/aromatic N) is 2. The van der Waals surface area contributed by atoms with Crippen molar-refractivity contribution < 1.29 is 0 Å². The van der Waals surface area contributed by atoms with Crippen LogP contribution in [0.1, 0.15) is 44.5 Å². The van der Waals surface area contributed by atoms with Gasteiger partial charge in [0, 0.05) is 18.3 Å². The predicted molar refractivity (Wildman–Crippen MR) is 68.7 cm³/mol. The lowest BCUT2D eigenvalue weighted by molar-refractivity contribution is 0.505. The largest absolute Gasteiger partial charge is 0.315 e. The highest BCUT2D eigenvalue weighted by Gasteiger charge is 2.00. The molecule has 1 aromatic heterocycles. The summed E-state index contributed by atoms with van der Waals surface area (Å²) >= 11 is 0. The van der Waals surface area contributed by atoms with E-state index in [-0.39, 0.29) is 0 Å². The third-order valence-corrected chi connectivity index (χ3v) is 2.70. The molecule has 1 rings (SSSR count). The Morgan fingerprint density at radius 2 is 2.00 bits per heavy atom.